The summed E-state index contributed by atoms with van der Waals surface area (Å²) in [6, 6.07) is 10.9. The Bertz CT molecular complexity index is 830. The Balaban J connectivity index is 2.34. The molecule has 2 rings (SSSR count). The van der Waals surface area contributed by atoms with Gasteiger partial charge in [-0.05, 0) is 59.6 Å². The van der Waals surface area contributed by atoms with Gasteiger partial charge in [0.05, 0.1) is 12.2 Å². The zero-order chi connectivity index (χ0) is 17.0. The lowest BCUT2D eigenvalue weighted by atomic mass is 10.2. The number of carbonyl (C=O) groups is 1. The van der Waals surface area contributed by atoms with Crippen LogP contribution in [0.5, 0.6) is 5.75 Å². The second-order valence-electron chi connectivity index (χ2n) is 4.67. The molecule has 5 nitrogen and oxygen atoms in total. The molecule has 2 aromatic carbocycles. The van der Waals surface area contributed by atoms with Crippen molar-refractivity contribution < 1.29 is 22.1 Å². The molecule has 0 atom stereocenters. The lowest BCUT2D eigenvalue weighted by Crippen LogP contribution is -2.12. The average Bonchev–Trinajstić information content (AvgIpc) is 2.49. The molecule has 0 radical (unpaired) electrons. The summed E-state index contributed by atoms with van der Waals surface area (Å²) in [5.74, 6) is -0.258. The number of benzene rings is 2. The molecule has 0 aromatic heterocycles. The highest BCUT2D eigenvalue weighted by molar-refractivity contribution is 9.10. The van der Waals surface area contributed by atoms with Gasteiger partial charge in [-0.3, -0.25) is 0 Å². The van der Waals surface area contributed by atoms with Gasteiger partial charge >= 0.3 is 16.1 Å². The molecule has 0 saturated carbocycles. The highest BCUT2D eigenvalue weighted by Gasteiger charge is 2.22. The standard InChI is InChI=1S/C16H15BrO5S/c1-3-21-16(18)12-8-9-15(13(17)10-12)23(19,20)22-14-7-5-4-6-11(14)2/h4-10H,3H2,1-2H3. The number of halogens is 1. The van der Waals surface area contributed by atoms with Gasteiger partial charge in [-0.25, -0.2) is 4.79 Å². The summed E-state index contributed by atoms with van der Waals surface area (Å²) in [5, 5.41) is 0. The van der Waals surface area contributed by atoms with Crippen molar-refractivity contribution in [2.75, 3.05) is 6.61 Å². The summed E-state index contributed by atoms with van der Waals surface area (Å²) in [4.78, 5) is 11.6. The Morgan fingerprint density at radius 3 is 2.48 bits per heavy atom. The van der Waals surface area contributed by atoms with E-state index in [4.69, 9.17) is 8.92 Å². The number of hydrogen-bond acceptors (Lipinski definition) is 5. The Hall–Kier alpha value is -1.86. The lowest BCUT2D eigenvalue weighted by Gasteiger charge is -2.11. The van der Waals surface area contributed by atoms with Gasteiger partial charge in [0.1, 0.15) is 10.6 Å². The second kappa shape index (κ2) is 7.14. The number of para-hydroxylation sites is 1. The van der Waals surface area contributed by atoms with E-state index in [0.717, 1.165) is 0 Å². The van der Waals surface area contributed by atoms with Gasteiger partial charge in [0, 0.05) is 4.47 Å². The third-order valence-corrected chi connectivity index (χ3v) is 5.22. The maximum Gasteiger partial charge on any atom is 0.340 e. The number of esters is 1. The molecule has 0 aliphatic carbocycles. The van der Waals surface area contributed by atoms with Crippen LogP contribution in [0.2, 0.25) is 0 Å². The fourth-order valence-electron chi connectivity index (χ4n) is 1.86. The first-order valence-corrected chi connectivity index (χ1v) is 9.02. The first kappa shape index (κ1) is 17.5. The molecular formula is C16H15BrO5S. The second-order valence-corrected chi connectivity index (χ2v) is 7.04. The monoisotopic (exact) mass is 398 g/mol. The number of rotatable bonds is 5. The minimum atomic E-state index is -4.02. The first-order chi connectivity index (χ1) is 10.8. The maximum absolute atomic E-state index is 12.4. The van der Waals surface area contributed by atoms with Crippen LogP contribution in [0, 0.1) is 6.92 Å². The van der Waals surface area contributed by atoms with Crippen LogP contribution >= 0.6 is 15.9 Å². The summed E-state index contributed by atoms with van der Waals surface area (Å²) in [5.41, 5.74) is 0.962. The van der Waals surface area contributed by atoms with E-state index in [2.05, 4.69) is 15.9 Å². The number of aryl methyl sites for hydroxylation is 1. The molecule has 122 valence electrons. The molecule has 0 fully saturated rings. The van der Waals surface area contributed by atoms with Crippen LogP contribution in [-0.2, 0) is 14.9 Å². The van der Waals surface area contributed by atoms with Gasteiger partial charge in [0.25, 0.3) is 0 Å². The van der Waals surface area contributed by atoms with Gasteiger partial charge < -0.3 is 8.92 Å². The molecule has 0 unspecified atom stereocenters. The molecule has 0 spiro atoms. The summed E-state index contributed by atoms with van der Waals surface area (Å²) >= 11 is 3.17. The van der Waals surface area contributed by atoms with Gasteiger partial charge in [0.15, 0.2) is 0 Å². The molecule has 7 heteroatoms. The van der Waals surface area contributed by atoms with Gasteiger partial charge in [-0.2, -0.15) is 8.42 Å². The normalized spacial score (nSPS) is 11.1. The highest BCUT2D eigenvalue weighted by Crippen LogP contribution is 2.28. The highest BCUT2D eigenvalue weighted by atomic mass is 79.9. The fraction of sp³-hybridized carbons (Fsp3) is 0.188. The van der Waals surface area contributed by atoms with Gasteiger partial charge in [-0.15, -0.1) is 0 Å². The smallest absolute Gasteiger partial charge is 0.340 e. The number of carbonyl (C=O) groups excluding carboxylic acids is 1. The maximum atomic E-state index is 12.4. The summed E-state index contributed by atoms with van der Waals surface area (Å²) in [7, 11) is -4.02. The van der Waals surface area contributed by atoms with Crippen molar-refractivity contribution >= 4 is 32.0 Å². The molecule has 0 amide bonds. The van der Waals surface area contributed by atoms with Crippen LogP contribution < -0.4 is 4.18 Å². The predicted octanol–water partition coefficient (Wildman–Crippen LogP) is 3.70. The van der Waals surface area contributed by atoms with Gasteiger partial charge in [-0.1, -0.05) is 18.2 Å². The van der Waals surface area contributed by atoms with E-state index in [1.165, 1.54) is 18.2 Å². The summed E-state index contributed by atoms with van der Waals surface area (Å²) < 4.78 is 35.1. The van der Waals surface area contributed by atoms with Crippen molar-refractivity contribution in [2.24, 2.45) is 0 Å². The van der Waals surface area contributed by atoms with E-state index in [1.807, 2.05) is 0 Å². The van der Waals surface area contributed by atoms with Crippen molar-refractivity contribution in [1.82, 2.24) is 0 Å². The van der Waals surface area contributed by atoms with E-state index in [1.54, 1.807) is 38.1 Å². The third-order valence-electron chi connectivity index (χ3n) is 3.01. The van der Waals surface area contributed by atoms with E-state index < -0.39 is 16.1 Å². The molecular weight excluding hydrogens is 384 g/mol. The third kappa shape index (κ3) is 4.11. The first-order valence-electron chi connectivity index (χ1n) is 6.82. The predicted molar refractivity (Wildman–Crippen MR) is 89.1 cm³/mol. The van der Waals surface area contributed by atoms with Crippen molar-refractivity contribution in [3.05, 3.63) is 58.1 Å². The van der Waals surface area contributed by atoms with Crippen LogP contribution in [0.3, 0.4) is 0 Å². The van der Waals surface area contributed by atoms with Crippen LogP contribution in [0.25, 0.3) is 0 Å². The Kier molecular flexibility index (Phi) is 5.43. The Morgan fingerprint density at radius 2 is 1.87 bits per heavy atom. The van der Waals surface area contributed by atoms with Crippen molar-refractivity contribution in [1.29, 1.82) is 0 Å². The molecule has 23 heavy (non-hydrogen) atoms. The van der Waals surface area contributed by atoms with E-state index >= 15 is 0 Å². The fourth-order valence-corrected chi connectivity index (χ4v) is 3.88. The zero-order valence-electron chi connectivity index (χ0n) is 12.6. The molecule has 0 heterocycles. The SMILES string of the molecule is CCOC(=O)c1ccc(S(=O)(=O)Oc2ccccc2C)c(Br)c1. The van der Waals surface area contributed by atoms with Crippen LogP contribution in [0.15, 0.2) is 51.8 Å². The van der Waals surface area contributed by atoms with Crippen LogP contribution in [0.4, 0.5) is 0 Å². The number of ether oxygens (including phenoxy) is 1. The van der Waals surface area contributed by atoms with Crippen molar-refractivity contribution in [3.8, 4) is 5.75 Å². The zero-order valence-corrected chi connectivity index (χ0v) is 15.0. The minimum absolute atomic E-state index is 0.0613. The van der Waals surface area contributed by atoms with Crippen molar-refractivity contribution in [2.45, 2.75) is 18.7 Å². The minimum Gasteiger partial charge on any atom is -0.462 e. The average molecular weight is 399 g/mol. The largest absolute Gasteiger partial charge is 0.462 e. The van der Waals surface area contributed by atoms with Crippen LogP contribution in [-0.4, -0.2) is 21.0 Å². The van der Waals surface area contributed by atoms with Gasteiger partial charge in [0.2, 0.25) is 0 Å². The molecule has 2 aromatic rings. The Labute approximate surface area is 143 Å². The lowest BCUT2D eigenvalue weighted by molar-refractivity contribution is 0.0526. The van der Waals surface area contributed by atoms with E-state index in [0.29, 0.717) is 5.56 Å². The van der Waals surface area contributed by atoms with E-state index in [-0.39, 0.29) is 27.3 Å². The number of hydrogen-bond donors (Lipinski definition) is 0. The topological polar surface area (TPSA) is 69.7 Å². The summed E-state index contributed by atoms with van der Waals surface area (Å²) in [6.45, 7) is 3.69. The van der Waals surface area contributed by atoms with Crippen LogP contribution in [0.1, 0.15) is 22.8 Å². The van der Waals surface area contributed by atoms with Crippen molar-refractivity contribution in [3.63, 3.8) is 0 Å². The molecule has 0 saturated heterocycles. The molecule has 0 aliphatic heterocycles. The molecule has 0 N–H and O–H groups in total. The molecule has 0 bridgehead atoms. The Morgan fingerprint density at radius 1 is 1.17 bits per heavy atom. The molecule has 0 aliphatic rings. The van der Waals surface area contributed by atoms with E-state index in [9.17, 15) is 13.2 Å². The quantitative estimate of drug-likeness (QED) is 0.567. The summed E-state index contributed by atoms with van der Waals surface area (Å²) in [6.07, 6.45) is 0.